The molecule has 0 radical (unpaired) electrons. The smallest absolute Gasteiger partial charge is 0.242 e. The molecule has 178 valence electrons. The van der Waals surface area contributed by atoms with Crippen LogP contribution in [0.5, 0.6) is 5.75 Å². The molecule has 3 aromatic rings. The third-order valence-electron chi connectivity index (χ3n) is 5.97. The second kappa shape index (κ2) is 9.68. The van der Waals surface area contributed by atoms with Gasteiger partial charge in [-0.05, 0) is 92.1 Å². The third kappa shape index (κ3) is 5.37. The van der Waals surface area contributed by atoms with Gasteiger partial charge >= 0.3 is 0 Å². The van der Waals surface area contributed by atoms with E-state index in [0.717, 1.165) is 11.3 Å². The number of rotatable bonds is 8. The fourth-order valence-corrected chi connectivity index (χ4v) is 5.22. The van der Waals surface area contributed by atoms with Crippen molar-refractivity contribution in [3.8, 4) is 5.75 Å². The zero-order chi connectivity index (χ0) is 24.5. The van der Waals surface area contributed by atoms with Crippen molar-refractivity contribution in [2.75, 3.05) is 4.90 Å². The number of aliphatic hydroxyl groups excluding tert-OH is 1. The zero-order valence-corrected chi connectivity index (χ0v) is 20.5. The lowest BCUT2D eigenvalue weighted by molar-refractivity contribution is -0.131. The molecule has 1 saturated heterocycles. The van der Waals surface area contributed by atoms with E-state index in [1.807, 2.05) is 24.3 Å². The van der Waals surface area contributed by atoms with Crippen molar-refractivity contribution in [3.05, 3.63) is 95.6 Å². The highest BCUT2D eigenvalue weighted by molar-refractivity contribution is 6.70. The van der Waals surface area contributed by atoms with E-state index in [4.69, 9.17) is 4.43 Å². The molecule has 0 saturated carbocycles. The van der Waals surface area contributed by atoms with Crippen LogP contribution in [0, 0.1) is 17.6 Å². The Kier molecular flexibility index (Phi) is 6.86. The number of halogens is 2. The molecule has 1 amide bonds. The van der Waals surface area contributed by atoms with Crippen LogP contribution in [0.25, 0.3) is 0 Å². The quantitative estimate of drug-likeness (QED) is 0.299. The summed E-state index contributed by atoms with van der Waals surface area (Å²) in [7, 11) is -1.75. The Morgan fingerprint density at radius 1 is 0.912 bits per heavy atom. The van der Waals surface area contributed by atoms with E-state index in [1.165, 1.54) is 24.3 Å². The van der Waals surface area contributed by atoms with Gasteiger partial charge in [0.1, 0.15) is 17.4 Å². The number of anilines is 1. The van der Waals surface area contributed by atoms with Gasteiger partial charge in [-0.3, -0.25) is 4.79 Å². The van der Waals surface area contributed by atoms with Crippen molar-refractivity contribution in [2.45, 2.75) is 44.6 Å². The molecule has 34 heavy (non-hydrogen) atoms. The predicted octanol–water partition coefficient (Wildman–Crippen LogP) is 6.40. The van der Waals surface area contributed by atoms with Crippen molar-refractivity contribution in [2.24, 2.45) is 5.92 Å². The van der Waals surface area contributed by atoms with Gasteiger partial charge in [-0.25, -0.2) is 8.78 Å². The minimum Gasteiger partial charge on any atom is -0.544 e. The normalized spacial score (nSPS) is 19.0. The topological polar surface area (TPSA) is 49.8 Å². The Balaban J connectivity index is 1.55. The summed E-state index contributed by atoms with van der Waals surface area (Å²) in [6.45, 7) is 6.35. The van der Waals surface area contributed by atoms with Crippen LogP contribution < -0.4 is 9.33 Å². The summed E-state index contributed by atoms with van der Waals surface area (Å²) < 4.78 is 32.7. The second-order valence-electron chi connectivity index (χ2n) is 9.66. The number of benzene rings is 3. The molecule has 1 heterocycles. The number of β-lactam (4-membered cyclic amide) rings is 1. The molecule has 1 fully saturated rings. The highest BCUT2D eigenvalue weighted by atomic mass is 28.4. The fourth-order valence-electron chi connectivity index (χ4n) is 4.38. The average molecular weight is 482 g/mol. The number of carbonyl (C=O) groups is 1. The van der Waals surface area contributed by atoms with Crippen LogP contribution in [0.4, 0.5) is 14.5 Å². The molecular formula is C27H29F2NO3Si. The molecule has 0 bridgehead atoms. The number of hydrogen-bond acceptors (Lipinski definition) is 3. The summed E-state index contributed by atoms with van der Waals surface area (Å²) in [5.74, 6) is -0.318. The van der Waals surface area contributed by atoms with Gasteiger partial charge in [0.25, 0.3) is 0 Å². The van der Waals surface area contributed by atoms with E-state index in [0.29, 0.717) is 24.1 Å². The molecular weight excluding hydrogens is 452 g/mol. The van der Waals surface area contributed by atoms with Gasteiger partial charge in [0, 0.05) is 5.69 Å². The van der Waals surface area contributed by atoms with Crippen LogP contribution in [0.1, 0.15) is 36.1 Å². The van der Waals surface area contributed by atoms with Gasteiger partial charge in [-0.2, -0.15) is 0 Å². The third-order valence-corrected chi connectivity index (χ3v) is 6.82. The average Bonchev–Trinajstić information content (AvgIpc) is 2.79. The first kappa shape index (κ1) is 24.1. The molecule has 0 unspecified atom stereocenters. The molecule has 3 atom stereocenters. The Bertz CT molecular complexity index is 1130. The number of nitrogens with zero attached hydrogens (tertiary/aromatic N) is 1. The molecule has 4 nitrogen and oxygen atoms in total. The van der Waals surface area contributed by atoms with Gasteiger partial charge in [-0.1, -0.05) is 24.3 Å². The largest absolute Gasteiger partial charge is 0.544 e. The minimum atomic E-state index is -1.75. The van der Waals surface area contributed by atoms with Crippen LogP contribution in [-0.2, 0) is 4.79 Å². The Labute approximate surface area is 199 Å². The molecule has 0 aliphatic carbocycles. The standard InChI is InChI=1S/C27H29F2NO3Si/c1-34(2,3)33-23-14-6-19(7-15-23)26-24(16-17-25(31)18-4-8-20(28)9-5-18)27(32)30(26)22-12-10-21(29)11-13-22/h4-15,24-26,31H,16-17H2,1-3H3/t24-,25+,26-/m1/s1. The maximum absolute atomic E-state index is 13.5. The van der Waals surface area contributed by atoms with Gasteiger partial charge < -0.3 is 14.4 Å². The highest BCUT2D eigenvalue weighted by Gasteiger charge is 2.48. The van der Waals surface area contributed by atoms with Gasteiger partial charge in [0.2, 0.25) is 14.2 Å². The molecule has 1 N–H and O–H groups in total. The van der Waals surface area contributed by atoms with E-state index >= 15 is 0 Å². The minimum absolute atomic E-state index is 0.0645. The van der Waals surface area contributed by atoms with Crippen molar-refractivity contribution in [1.82, 2.24) is 0 Å². The summed E-state index contributed by atoms with van der Waals surface area (Å²) in [6, 6.07) is 19.2. The first-order valence-corrected chi connectivity index (χ1v) is 14.8. The molecule has 1 aliphatic heterocycles. The van der Waals surface area contributed by atoms with Crippen molar-refractivity contribution in [1.29, 1.82) is 0 Å². The van der Waals surface area contributed by atoms with E-state index in [-0.39, 0.29) is 29.5 Å². The van der Waals surface area contributed by atoms with E-state index < -0.39 is 14.4 Å². The second-order valence-corrected chi connectivity index (χ2v) is 14.1. The molecule has 3 aromatic carbocycles. The maximum Gasteiger partial charge on any atom is 0.242 e. The van der Waals surface area contributed by atoms with Crippen LogP contribution in [0.2, 0.25) is 19.6 Å². The summed E-state index contributed by atoms with van der Waals surface area (Å²) in [5, 5.41) is 10.6. The molecule has 1 aliphatic rings. The van der Waals surface area contributed by atoms with Gasteiger partial charge in [-0.15, -0.1) is 0 Å². The van der Waals surface area contributed by atoms with Crippen molar-refractivity contribution in [3.63, 3.8) is 0 Å². The van der Waals surface area contributed by atoms with Crippen LogP contribution >= 0.6 is 0 Å². The van der Waals surface area contributed by atoms with Gasteiger partial charge in [0.05, 0.1) is 18.1 Å². The Morgan fingerprint density at radius 3 is 2.03 bits per heavy atom. The number of amides is 1. The number of hydrogen-bond donors (Lipinski definition) is 1. The first-order chi connectivity index (χ1) is 16.1. The van der Waals surface area contributed by atoms with Crippen molar-refractivity contribution < 1.29 is 23.1 Å². The summed E-state index contributed by atoms with van der Waals surface area (Å²) >= 11 is 0. The summed E-state index contributed by atoms with van der Waals surface area (Å²) in [4.78, 5) is 14.8. The predicted molar refractivity (Wildman–Crippen MR) is 131 cm³/mol. The molecule has 7 heteroatoms. The van der Waals surface area contributed by atoms with Gasteiger partial charge in [0.15, 0.2) is 0 Å². The van der Waals surface area contributed by atoms with E-state index in [2.05, 4.69) is 19.6 Å². The Hall–Kier alpha value is -3.03. The zero-order valence-electron chi connectivity index (χ0n) is 19.5. The van der Waals surface area contributed by atoms with E-state index in [1.54, 1.807) is 29.2 Å². The highest BCUT2D eigenvalue weighted by Crippen LogP contribution is 2.46. The monoisotopic (exact) mass is 481 g/mol. The SMILES string of the molecule is C[Si](C)(C)Oc1ccc([C@@H]2[C@@H](CC[C@H](O)c3ccc(F)cc3)C(=O)N2c2ccc(F)cc2)cc1. The van der Waals surface area contributed by atoms with Crippen LogP contribution in [0.15, 0.2) is 72.8 Å². The van der Waals surface area contributed by atoms with Crippen molar-refractivity contribution >= 4 is 19.9 Å². The van der Waals surface area contributed by atoms with Crippen LogP contribution in [0.3, 0.4) is 0 Å². The molecule has 0 spiro atoms. The number of aliphatic hydroxyl groups is 1. The maximum atomic E-state index is 13.5. The van der Waals surface area contributed by atoms with Crippen LogP contribution in [-0.4, -0.2) is 19.3 Å². The molecule has 4 rings (SSSR count). The lowest BCUT2D eigenvalue weighted by Crippen LogP contribution is -2.55. The number of carbonyl (C=O) groups excluding carboxylic acids is 1. The first-order valence-electron chi connectivity index (χ1n) is 11.4. The lowest BCUT2D eigenvalue weighted by atomic mass is 9.78. The molecule has 0 aromatic heterocycles. The lowest BCUT2D eigenvalue weighted by Gasteiger charge is -2.48. The van der Waals surface area contributed by atoms with E-state index in [9.17, 15) is 18.7 Å². The fraction of sp³-hybridized carbons (Fsp3) is 0.296. The summed E-state index contributed by atoms with van der Waals surface area (Å²) in [5.41, 5.74) is 2.20. The Morgan fingerprint density at radius 2 is 1.47 bits per heavy atom. The summed E-state index contributed by atoms with van der Waals surface area (Å²) in [6.07, 6.45) is 0.0425.